The summed E-state index contributed by atoms with van der Waals surface area (Å²) in [7, 11) is 0. The lowest BCUT2D eigenvalue weighted by Crippen LogP contribution is -2.34. The van der Waals surface area contributed by atoms with Crippen LogP contribution in [0.1, 0.15) is 34.3 Å². The summed E-state index contributed by atoms with van der Waals surface area (Å²) in [5, 5.41) is 11.9. The molecule has 0 saturated carbocycles. The molecule has 2 rings (SSSR count). The minimum Gasteiger partial charge on any atom is -0.487 e. The van der Waals surface area contributed by atoms with Crippen LogP contribution in [0, 0.1) is 0 Å². The van der Waals surface area contributed by atoms with E-state index in [2.05, 4.69) is 5.32 Å². The normalized spacial score (nSPS) is 11.7. The van der Waals surface area contributed by atoms with Crippen molar-refractivity contribution in [2.75, 3.05) is 6.54 Å². The summed E-state index contributed by atoms with van der Waals surface area (Å²) in [4.78, 5) is 22.7. The number of furan rings is 1. The van der Waals surface area contributed by atoms with E-state index in [1.165, 1.54) is 6.07 Å². The standard InChI is InChI=1S/C16H16ClNO5/c1-2-11(23-13-6-4-3-5-12(13)17)8-18-15(19)14-7-10(9-22-14)16(20)21/h3-7,9,11H,2,8H2,1H3,(H,18,19)(H,20,21). The zero-order valence-corrected chi connectivity index (χ0v) is 13.2. The molecule has 7 heteroatoms. The number of carboxylic acid groups (broad SMARTS) is 1. The van der Waals surface area contributed by atoms with Gasteiger partial charge >= 0.3 is 5.97 Å². The first-order chi connectivity index (χ1) is 11.0. The van der Waals surface area contributed by atoms with Gasteiger partial charge in [-0.05, 0) is 18.6 Å². The van der Waals surface area contributed by atoms with E-state index < -0.39 is 11.9 Å². The van der Waals surface area contributed by atoms with Crippen LogP contribution in [0.4, 0.5) is 0 Å². The van der Waals surface area contributed by atoms with E-state index in [-0.39, 0.29) is 24.0 Å². The van der Waals surface area contributed by atoms with Gasteiger partial charge in [0, 0.05) is 6.07 Å². The maximum Gasteiger partial charge on any atom is 0.338 e. The summed E-state index contributed by atoms with van der Waals surface area (Å²) >= 11 is 6.03. The van der Waals surface area contributed by atoms with Crippen molar-refractivity contribution in [2.45, 2.75) is 19.4 Å². The fourth-order valence-electron chi connectivity index (χ4n) is 1.85. The van der Waals surface area contributed by atoms with Crippen molar-refractivity contribution >= 4 is 23.5 Å². The highest BCUT2D eigenvalue weighted by Gasteiger charge is 2.17. The number of carbonyl (C=O) groups is 2. The van der Waals surface area contributed by atoms with Crippen LogP contribution < -0.4 is 10.1 Å². The van der Waals surface area contributed by atoms with Crippen LogP contribution in [0.2, 0.25) is 5.02 Å². The summed E-state index contributed by atoms with van der Waals surface area (Å²) in [5.41, 5.74) is -0.0745. The molecule has 0 spiro atoms. The third kappa shape index (κ3) is 4.50. The molecule has 1 amide bonds. The number of halogens is 1. The molecule has 0 fully saturated rings. The van der Waals surface area contributed by atoms with Crippen molar-refractivity contribution < 1.29 is 23.8 Å². The summed E-state index contributed by atoms with van der Waals surface area (Å²) < 4.78 is 10.7. The Hall–Kier alpha value is -2.47. The molecule has 0 radical (unpaired) electrons. The Morgan fingerprint density at radius 3 is 2.74 bits per heavy atom. The molecule has 122 valence electrons. The molecule has 1 heterocycles. The summed E-state index contributed by atoms with van der Waals surface area (Å²) in [6.07, 6.45) is 1.41. The van der Waals surface area contributed by atoms with Gasteiger partial charge in [0.2, 0.25) is 0 Å². The molecule has 1 aromatic heterocycles. The predicted octanol–water partition coefficient (Wildman–Crippen LogP) is 3.22. The monoisotopic (exact) mass is 337 g/mol. The zero-order valence-electron chi connectivity index (χ0n) is 12.4. The Balaban J connectivity index is 1.93. The largest absolute Gasteiger partial charge is 0.487 e. The van der Waals surface area contributed by atoms with Crippen LogP contribution in [-0.2, 0) is 0 Å². The quantitative estimate of drug-likeness (QED) is 0.809. The van der Waals surface area contributed by atoms with Crippen LogP contribution in [0.25, 0.3) is 0 Å². The second-order valence-corrected chi connectivity index (χ2v) is 5.20. The van der Waals surface area contributed by atoms with Gasteiger partial charge in [0.1, 0.15) is 18.1 Å². The van der Waals surface area contributed by atoms with Gasteiger partial charge in [-0.2, -0.15) is 0 Å². The summed E-state index contributed by atoms with van der Waals surface area (Å²) in [5.74, 6) is -1.17. The smallest absolute Gasteiger partial charge is 0.338 e. The predicted molar refractivity (Wildman–Crippen MR) is 84.2 cm³/mol. The van der Waals surface area contributed by atoms with Gasteiger partial charge in [0.25, 0.3) is 5.91 Å². The average Bonchev–Trinajstić information content (AvgIpc) is 3.03. The van der Waals surface area contributed by atoms with Crippen molar-refractivity contribution in [3.63, 3.8) is 0 Å². The molecule has 6 nitrogen and oxygen atoms in total. The molecule has 2 aromatic rings. The molecule has 1 unspecified atom stereocenters. The Morgan fingerprint density at radius 1 is 1.39 bits per heavy atom. The van der Waals surface area contributed by atoms with Crippen molar-refractivity contribution in [2.24, 2.45) is 0 Å². The minimum absolute atomic E-state index is 0.0602. The van der Waals surface area contributed by atoms with E-state index >= 15 is 0 Å². The van der Waals surface area contributed by atoms with Gasteiger partial charge in [0.05, 0.1) is 17.1 Å². The molecule has 0 aliphatic rings. The first kappa shape index (κ1) is 16.9. The van der Waals surface area contributed by atoms with Crippen molar-refractivity contribution in [1.82, 2.24) is 5.32 Å². The van der Waals surface area contributed by atoms with E-state index in [4.69, 9.17) is 25.9 Å². The van der Waals surface area contributed by atoms with Gasteiger partial charge < -0.3 is 19.6 Å². The number of carbonyl (C=O) groups excluding carboxylic acids is 1. The van der Waals surface area contributed by atoms with Crippen molar-refractivity contribution in [3.05, 3.63) is 52.9 Å². The van der Waals surface area contributed by atoms with Gasteiger partial charge in [-0.15, -0.1) is 0 Å². The van der Waals surface area contributed by atoms with Crippen molar-refractivity contribution in [1.29, 1.82) is 0 Å². The molecule has 0 aliphatic heterocycles. The second-order valence-electron chi connectivity index (χ2n) is 4.79. The van der Waals surface area contributed by atoms with Crippen LogP contribution in [0.3, 0.4) is 0 Å². The second kappa shape index (κ2) is 7.69. The van der Waals surface area contributed by atoms with E-state index in [0.717, 1.165) is 6.26 Å². The number of para-hydroxylation sites is 1. The first-order valence-electron chi connectivity index (χ1n) is 7.02. The van der Waals surface area contributed by atoms with Crippen molar-refractivity contribution in [3.8, 4) is 5.75 Å². The molecule has 1 aromatic carbocycles. The van der Waals surface area contributed by atoms with Gasteiger partial charge in [0.15, 0.2) is 5.76 Å². The molecule has 0 saturated heterocycles. The number of carboxylic acids is 1. The van der Waals surface area contributed by atoms with Gasteiger partial charge in [-0.1, -0.05) is 30.7 Å². The number of hydrogen-bond donors (Lipinski definition) is 2. The van der Waals surface area contributed by atoms with Gasteiger partial charge in [-0.3, -0.25) is 4.79 Å². The number of benzene rings is 1. The third-order valence-corrected chi connectivity index (χ3v) is 3.46. The van der Waals surface area contributed by atoms with E-state index in [0.29, 0.717) is 17.2 Å². The lowest BCUT2D eigenvalue weighted by atomic mass is 10.2. The molecule has 0 bridgehead atoms. The molecule has 1 atom stereocenters. The Labute approximate surface area is 138 Å². The topological polar surface area (TPSA) is 88.8 Å². The average molecular weight is 338 g/mol. The number of nitrogens with one attached hydrogen (secondary N) is 1. The lowest BCUT2D eigenvalue weighted by Gasteiger charge is -2.18. The molecule has 2 N–H and O–H groups in total. The summed E-state index contributed by atoms with van der Waals surface area (Å²) in [6.45, 7) is 2.16. The fourth-order valence-corrected chi connectivity index (χ4v) is 2.03. The number of rotatable bonds is 7. The zero-order chi connectivity index (χ0) is 16.8. The number of hydrogen-bond acceptors (Lipinski definition) is 4. The van der Waals surface area contributed by atoms with Crippen LogP contribution in [-0.4, -0.2) is 29.6 Å². The Bertz CT molecular complexity index is 697. The van der Waals surface area contributed by atoms with Crippen LogP contribution in [0.15, 0.2) is 41.0 Å². The first-order valence-corrected chi connectivity index (χ1v) is 7.40. The Morgan fingerprint density at radius 2 is 2.13 bits per heavy atom. The number of aromatic carboxylic acids is 1. The molecule has 23 heavy (non-hydrogen) atoms. The molecule has 0 aliphatic carbocycles. The van der Waals surface area contributed by atoms with E-state index in [1.807, 2.05) is 13.0 Å². The third-order valence-electron chi connectivity index (χ3n) is 3.15. The minimum atomic E-state index is -1.15. The maximum atomic E-state index is 11.9. The SMILES string of the molecule is CCC(CNC(=O)c1cc(C(=O)O)co1)Oc1ccccc1Cl. The molecular weight excluding hydrogens is 322 g/mol. The fraction of sp³-hybridized carbons (Fsp3) is 0.250. The van der Waals surface area contributed by atoms with Gasteiger partial charge in [-0.25, -0.2) is 4.79 Å². The highest BCUT2D eigenvalue weighted by atomic mass is 35.5. The maximum absolute atomic E-state index is 11.9. The highest BCUT2D eigenvalue weighted by Crippen LogP contribution is 2.24. The lowest BCUT2D eigenvalue weighted by molar-refractivity contribution is 0.0696. The summed E-state index contributed by atoms with van der Waals surface area (Å²) in [6, 6.07) is 8.25. The van der Waals surface area contributed by atoms with Crippen LogP contribution >= 0.6 is 11.6 Å². The van der Waals surface area contributed by atoms with E-state index in [1.54, 1.807) is 18.2 Å². The molecular formula is C16H16ClNO5. The number of amides is 1. The van der Waals surface area contributed by atoms with Crippen LogP contribution in [0.5, 0.6) is 5.75 Å². The highest BCUT2D eigenvalue weighted by molar-refractivity contribution is 6.32. The number of ether oxygens (including phenoxy) is 1. The van der Waals surface area contributed by atoms with E-state index in [9.17, 15) is 9.59 Å². The Kier molecular flexibility index (Phi) is 5.65.